The van der Waals surface area contributed by atoms with Gasteiger partial charge in [0.2, 0.25) is 5.91 Å². The number of hydrogen-bond donors (Lipinski definition) is 1. The summed E-state index contributed by atoms with van der Waals surface area (Å²) < 4.78 is 12.8. The van der Waals surface area contributed by atoms with E-state index in [-0.39, 0.29) is 12.2 Å². The minimum atomic E-state index is -0.742. The first-order valence-electron chi connectivity index (χ1n) is 4.78. The summed E-state index contributed by atoms with van der Waals surface area (Å²) in [5.74, 6) is -1.12. The van der Waals surface area contributed by atoms with Crippen LogP contribution in [0.1, 0.15) is 0 Å². The molecule has 1 aromatic rings. The third-order valence-corrected chi connectivity index (χ3v) is 1.89. The van der Waals surface area contributed by atoms with Gasteiger partial charge in [-0.2, -0.15) is 0 Å². The first-order chi connectivity index (χ1) is 7.90. The average molecular weight is 241 g/mol. The van der Waals surface area contributed by atoms with Gasteiger partial charge in [-0.3, -0.25) is 14.9 Å². The van der Waals surface area contributed by atoms with Gasteiger partial charge < -0.3 is 10.2 Å². The topological polar surface area (TPSA) is 75.5 Å². The average Bonchev–Trinajstić information content (AvgIpc) is 2.19. The lowest BCUT2D eigenvalue weighted by molar-refractivity contribution is -0.384. The molecule has 0 spiro atoms. The first kappa shape index (κ1) is 13.0. The summed E-state index contributed by atoms with van der Waals surface area (Å²) in [6.45, 7) is 0.0918. The maximum absolute atomic E-state index is 12.8. The fourth-order valence-electron chi connectivity index (χ4n) is 1.24. The molecule has 0 saturated heterocycles. The molecule has 1 N–H and O–H groups in total. The fourth-order valence-corrected chi connectivity index (χ4v) is 1.24. The van der Waals surface area contributed by atoms with Gasteiger partial charge in [0.1, 0.15) is 11.5 Å². The predicted octanol–water partition coefficient (Wildman–Crippen LogP) is 1.23. The number of nitro benzene ring substituents is 1. The van der Waals surface area contributed by atoms with Crippen LogP contribution in [0.3, 0.4) is 0 Å². The molecule has 92 valence electrons. The highest BCUT2D eigenvalue weighted by atomic mass is 19.1. The molecular formula is C10H12FN3O3. The lowest BCUT2D eigenvalue weighted by Gasteiger charge is -2.10. The number of nitro groups is 1. The zero-order valence-electron chi connectivity index (χ0n) is 9.44. The highest BCUT2D eigenvalue weighted by Gasteiger charge is 2.16. The van der Waals surface area contributed by atoms with Crippen LogP contribution >= 0.6 is 0 Å². The van der Waals surface area contributed by atoms with Crippen molar-refractivity contribution in [2.45, 2.75) is 0 Å². The van der Waals surface area contributed by atoms with Gasteiger partial charge in [0.25, 0.3) is 5.69 Å². The highest BCUT2D eigenvalue weighted by molar-refractivity contribution is 5.94. The Morgan fingerprint density at radius 1 is 1.53 bits per heavy atom. The second-order valence-corrected chi connectivity index (χ2v) is 3.70. The molecule has 1 rings (SSSR count). The third kappa shape index (κ3) is 3.80. The van der Waals surface area contributed by atoms with Crippen LogP contribution in [0.2, 0.25) is 0 Å². The minimum absolute atomic E-state index is 0.0109. The lowest BCUT2D eigenvalue weighted by atomic mass is 10.2. The molecule has 17 heavy (non-hydrogen) atoms. The number of hydrogen-bond acceptors (Lipinski definition) is 4. The maximum atomic E-state index is 12.8. The van der Waals surface area contributed by atoms with E-state index in [1.54, 1.807) is 19.0 Å². The number of nitrogens with zero attached hydrogens (tertiary/aromatic N) is 2. The Morgan fingerprint density at radius 2 is 2.18 bits per heavy atom. The molecule has 0 heterocycles. The minimum Gasteiger partial charge on any atom is -0.319 e. The number of amides is 1. The molecule has 0 aliphatic carbocycles. The lowest BCUT2D eigenvalue weighted by Crippen LogP contribution is -2.27. The van der Waals surface area contributed by atoms with Gasteiger partial charge in [-0.15, -0.1) is 0 Å². The normalized spacial score (nSPS) is 10.4. The van der Waals surface area contributed by atoms with Gasteiger partial charge in [0, 0.05) is 0 Å². The van der Waals surface area contributed by atoms with Crippen LogP contribution in [0.4, 0.5) is 15.8 Å². The molecule has 0 unspecified atom stereocenters. The molecule has 0 radical (unpaired) electrons. The third-order valence-electron chi connectivity index (χ3n) is 1.89. The number of halogens is 1. The Hall–Kier alpha value is -2.02. The van der Waals surface area contributed by atoms with E-state index in [1.807, 2.05) is 0 Å². The Kier molecular flexibility index (Phi) is 4.11. The molecule has 0 aromatic heterocycles. The molecule has 0 bridgehead atoms. The summed E-state index contributed by atoms with van der Waals surface area (Å²) >= 11 is 0. The number of nitrogens with one attached hydrogen (secondary N) is 1. The van der Waals surface area contributed by atoms with Gasteiger partial charge in [0.05, 0.1) is 17.5 Å². The molecule has 1 amide bonds. The summed E-state index contributed by atoms with van der Waals surface area (Å²) in [6, 6.07) is 2.99. The maximum Gasteiger partial charge on any atom is 0.295 e. The van der Waals surface area contributed by atoms with Gasteiger partial charge in [-0.25, -0.2) is 4.39 Å². The predicted molar refractivity (Wildman–Crippen MR) is 60.2 cm³/mol. The van der Waals surface area contributed by atoms with E-state index in [1.165, 1.54) is 6.07 Å². The standard InChI is InChI=1S/C10H12FN3O3/c1-13(2)6-10(15)12-8-4-3-7(11)5-9(8)14(16)17/h3-5H,6H2,1-2H3,(H,12,15). The monoisotopic (exact) mass is 241 g/mol. The van der Waals surface area contributed by atoms with Crippen molar-refractivity contribution in [3.05, 3.63) is 34.1 Å². The van der Waals surface area contributed by atoms with Gasteiger partial charge in [0.15, 0.2) is 0 Å². The van der Waals surface area contributed by atoms with Crippen molar-refractivity contribution in [2.75, 3.05) is 26.0 Å². The molecule has 6 nitrogen and oxygen atoms in total. The molecular weight excluding hydrogens is 229 g/mol. The van der Waals surface area contributed by atoms with Crippen molar-refractivity contribution in [1.29, 1.82) is 0 Å². The summed E-state index contributed by atoms with van der Waals surface area (Å²) in [6.07, 6.45) is 0. The Labute approximate surface area is 97.2 Å². The van der Waals surface area contributed by atoms with E-state index >= 15 is 0 Å². The van der Waals surface area contributed by atoms with E-state index < -0.39 is 22.3 Å². The molecule has 0 aliphatic heterocycles. The van der Waals surface area contributed by atoms with Crippen molar-refractivity contribution in [3.8, 4) is 0 Å². The molecule has 1 aromatic carbocycles. The van der Waals surface area contributed by atoms with Gasteiger partial charge in [-0.05, 0) is 26.2 Å². The van der Waals surface area contributed by atoms with Crippen molar-refractivity contribution in [1.82, 2.24) is 4.90 Å². The molecule has 7 heteroatoms. The Balaban J connectivity index is 2.91. The summed E-state index contributed by atoms with van der Waals surface area (Å²) in [4.78, 5) is 22.9. The fraction of sp³-hybridized carbons (Fsp3) is 0.300. The number of rotatable bonds is 4. The van der Waals surface area contributed by atoms with Gasteiger partial charge in [-0.1, -0.05) is 0 Å². The van der Waals surface area contributed by atoms with Crippen molar-refractivity contribution >= 4 is 17.3 Å². The highest BCUT2D eigenvalue weighted by Crippen LogP contribution is 2.24. The van der Waals surface area contributed by atoms with Crippen LogP contribution < -0.4 is 5.32 Å². The van der Waals surface area contributed by atoms with E-state index in [0.717, 1.165) is 12.1 Å². The van der Waals surface area contributed by atoms with Crippen LogP contribution in [-0.4, -0.2) is 36.4 Å². The van der Waals surface area contributed by atoms with Crippen LogP contribution in [-0.2, 0) is 4.79 Å². The number of likely N-dealkylation sites (N-methyl/N-ethyl adjacent to an activating group) is 1. The summed E-state index contributed by atoms with van der Waals surface area (Å²) in [5, 5.41) is 13.0. The molecule has 0 saturated carbocycles. The number of anilines is 1. The number of carbonyl (C=O) groups excluding carboxylic acids is 1. The zero-order valence-corrected chi connectivity index (χ0v) is 9.44. The van der Waals surface area contributed by atoms with Crippen molar-refractivity contribution < 1.29 is 14.1 Å². The van der Waals surface area contributed by atoms with E-state index in [0.29, 0.717) is 0 Å². The molecule has 0 fully saturated rings. The van der Waals surface area contributed by atoms with Crippen LogP contribution in [0.5, 0.6) is 0 Å². The van der Waals surface area contributed by atoms with E-state index in [2.05, 4.69) is 5.32 Å². The van der Waals surface area contributed by atoms with Crippen molar-refractivity contribution in [3.63, 3.8) is 0 Å². The number of benzene rings is 1. The molecule has 0 aliphatic rings. The first-order valence-corrected chi connectivity index (χ1v) is 4.78. The van der Waals surface area contributed by atoms with Crippen molar-refractivity contribution in [2.24, 2.45) is 0 Å². The summed E-state index contributed by atoms with van der Waals surface area (Å²) in [5.41, 5.74) is -0.472. The summed E-state index contributed by atoms with van der Waals surface area (Å²) in [7, 11) is 3.39. The van der Waals surface area contributed by atoms with Crippen LogP contribution in [0, 0.1) is 15.9 Å². The second kappa shape index (κ2) is 5.35. The van der Waals surface area contributed by atoms with Crippen LogP contribution in [0.15, 0.2) is 18.2 Å². The van der Waals surface area contributed by atoms with Gasteiger partial charge >= 0.3 is 0 Å². The smallest absolute Gasteiger partial charge is 0.295 e. The SMILES string of the molecule is CN(C)CC(=O)Nc1ccc(F)cc1[N+](=O)[O-]. The largest absolute Gasteiger partial charge is 0.319 e. The Morgan fingerprint density at radius 3 is 2.71 bits per heavy atom. The zero-order chi connectivity index (χ0) is 13.0. The van der Waals surface area contributed by atoms with E-state index in [4.69, 9.17) is 0 Å². The van der Waals surface area contributed by atoms with E-state index in [9.17, 15) is 19.3 Å². The van der Waals surface area contributed by atoms with Crippen LogP contribution in [0.25, 0.3) is 0 Å². The second-order valence-electron chi connectivity index (χ2n) is 3.70. The quantitative estimate of drug-likeness (QED) is 0.635. The Bertz CT molecular complexity index is 448. The molecule has 0 atom stereocenters. The number of carbonyl (C=O) groups is 1.